The summed E-state index contributed by atoms with van der Waals surface area (Å²) in [5.74, 6) is -4.94. The molecule has 1 aromatic rings. The lowest BCUT2D eigenvalue weighted by Gasteiger charge is -2.13. The fourth-order valence-corrected chi connectivity index (χ4v) is 1.20. The maximum atomic E-state index is 13.5. The summed E-state index contributed by atoms with van der Waals surface area (Å²) in [6.07, 6.45) is 0. The van der Waals surface area contributed by atoms with E-state index < -0.39 is 23.3 Å². The SMILES string of the molecule is C[C@@H](N)c1cccc(C(F)(F)C#N)c1F. The summed E-state index contributed by atoms with van der Waals surface area (Å²) in [7, 11) is 0. The van der Waals surface area contributed by atoms with Gasteiger partial charge in [0, 0.05) is 11.6 Å². The molecule has 0 fully saturated rings. The van der Waals surface area contributed by atoms with Crippen LogP contribution in [0.5, 0.6) is 0 Å². The highest BCUT2D eigenvalue weighted by atomic mass is 19.3. The second kappa shape index (κ2) is 3.91. The first kappa shape index (κ1) is 11.5. The molecule has 80 valence electrons. The molecule has 15 heavy (non-hydrogen) atoms. The normalized spacial score (nSPS) is 13.3. The second-order valence-electron chi connectivity index (χ2n) is 3.18. The third kappa shape index (κ3) is 2.10. The summed E-state index contributed by atoms with van der Waals surface area (Å²) in [6.45, 7) is 1.48. The van der Waals surface area contributed by atoms with Gasteiger partial charge >= 0.3 is 5.92 Å². The number of halogens is 3. The van der Waals surface area contributed by atoms with Crippen molar-refractivity contribution in [1.29, 1.82) is 5.26 Å². The number of nitrogens with zero attached hydrogens (tertiary/aromatic N) is 1. The smallest absolute Gasteiger partial charge is 0.324 e. The zero-order valence-electron chi connectivity index (χ0n) is 7.97. The van der Waals surface area contributed by atoms with E-state index in [1.54, 1.807) is 0 Å². The van der Waals surface area contributed by atoms with Crippen LogP contribution < -0.4 is 5.73 Å². The molecule has 0 bridgehead atoms. The number of benzene rings is 1. The molecule has 0 spiro atoms. The fourth-order valence-electron chi connectivity index (χ4n) is 1.20. The maximum Gasteiger partial charge on any atom is 0.360 e. The first-order valence-electron chi connectivity index (χ1n) is 4.23. The van der Waals surface area contributed by atoms with Crippen LogP contribution in [0.1, 0.15) is 24.1 Å². The molecule has 0 saturated heterocycles. The molecule has 0 aliphatic rings. The van der Waals surface area contributed by atoms with Gasteiger partial charge in [-0.2, -0.15) is 14.0 Å². The third-order valence-electron chi connectivity index (χ3n) is 2.00. The van der Waals surface area contributed by atoms with Crippen molar-refractivity contribution >= 4 is 0 Å². The van der Waals surface area contributed by atoms with Crippen LogP contribution in [0.15, 0.2) is 18.2 Å². The van der Waals surface area contributed by atoms with Gasteiger partial charge in [-0.1, -0.05) is 12.1 Å². The Morgan fingerprint density at radius 1 is 1.47 bits per heavy atom. The van der Waals surface area contributed by atoms with Crippen LogP contribution in [0.4, 0.5) is 13.2 Å². The Hall–Kier alpha value is -1.54. The number of alkyl halides is 2. The van der Waals surface area contributed by atoms with Crippen LogP contribution in [-0.2, 0) is 5.92 Å². The number of nitrogens with two attached hydrogens (primary N) is 1. The minimum Gasteiger partial charge on any atom is -0.324 e. The van der Waals surface area contributed by atoms with Gasteiger partial charge in [0.1, 0.15) is 11.9 Å². The van der Waals surface area contributed by atoms with Gasteiger partial charge in [0.25, 0.3) is 0 Å². The predicted octanol–water partition coefficient (Wildman–Crippen LogP) is 2.46. The van der Waals surface area contributed by atoms with Crippen molar-refractivity contribution in [3.8, 4) is 6.07 Å². The Bertz CT molecular complexity index is 408. The van der Waals surface area contributed by atoms with Gasteiger partial charge in [-0.25, -0.2) is 4.39 Å². The Balaban J connectivity index is 3.35. The van der Waals surface area contributed by atoms with Crippen molar-refractivity contribution < 1.29 is 13.2 Å². The van der Waals surface area contributed by atoms with E-state index >= 15 is 0 Å². The molecular formula is C10H9F3N2. The lowest BCUT2D eigenvalue weighted by atomic mass is 10.0. The first-order valence-corrected chi connectivity index (χ1v) is 4.23. The van der Waals surface area contributed by atoms with Gasteiger partial charge in [-0.05, 0) is 13.0 Å². The Morgan fingerprint density at radius 3 is 2.53 bits per heavy atom. The van der Waals surface area contributed by atoms with Crippen LogP contribution in [-0.4, -0.2) is 0 Å². The summed E-state index contributed by atoms with van der Waals surface area (Å²) in [4.78, 5) is 0. The van der Waals surface area contributed by atoms with E-state index in [1.165, 1.54) is 19.1 Å². The Labute approximate surface area is 85.1 Å². The molecule has 2 N–H and O–H groups in total. The zero-order chi connectivity index (χ0) is 11.6. The number of hydrogen-bond donors (Lipinski definition) is 1. The standard InChI is InChI=1S/C10H9F3N2/c1-6(15)7-3-2-4-8(9(7)11)10(12,13)5-14/h2-4,6H,15H2,1H3/t6-/m1/s1. The minimum absolute atomic E-state index is 0.0255. The molecule has 0 radical (unpaired) electrons. The van der Waals surface area contributed by atoms with Crippen LogP contribution in [0.2, 0.25) is 0 Å². The molecule has 0 aliphatic heterocycles. The van der Waals surface area contributed by atoms with Crippen molar-refractivity contribution in [3.05, 3.63) is 35.1 Å². The van der Waals surface area contributed by atoms with Crippen molar-refractivity contribution in [2.45, 2.75) is 18.9 Å². The molecule has 5 heteroatoms. The van der Waals surface area contributed by atoms with Gasteiger partial charge < -0.3 is 5.73 Å². The van der Waals surface area contributed by atoms with E-state index in [4.69, 9.17) is 11.0 Å². The van der Waals surface area contributed by atoms with Crippen molar-refractivity contribution in [2.24, 2.45) is 5.73 Å². The highest BCUT2D eigenvalue weighted by Crippen LogP contribution is 2.31. The summed E-state index contributed by atoms with van der Waals surface area (Å²) < 4.78 is 39.4. The van der Waals surface area contributed by atoms with Gasteiger partial charge in [0.15, 0.2) is 0 Å². The molecule has 0 aromatic heterocycles. The Morgan fingerprint density at radius 2 is 2.07 bits per heavy atom. The average molecular weight is 214 g/mol. The Kier molecular flexibility index (Phi) is 3.01. The molecule has 1 rings (SSSR count). The van der Waals surface area contributed by atoms with Crippen LogP contribution in [0.25, 0.3) is 0 Å². The first-order chi connectivity index (χ1) is 6.90. The average Bonchev–Trinajstić information content (AvgIpc) is 2.17. The van der Waals surface area contributed by atoms with E-state index in [0.717, 1.165) is 12.1 Å². The number of nitriles is 1. The lowest BCUT2D eigenvalue weighted by Crippen LogP contribution is -2.16. The number of hydrogen-bond acceptors (Lipinski definition) is 2. The van der Waals surface area contributed by atoms with Crippen molar-refractivity contribution in [1.82, 2.24) is 0 Å². The topological polar surface area (TPSA) is 49.8 Å². The van der Waals surface area contributed by atoms with E-state index in [2.05, 4.69) is 0 Å². The van der Waals surface area contributed by atoms with Crippen molar-refractivity contribution in [2.75, 3.05) is 0 Å². The van der Waals surface area contributed by atoms with Gasteiger partial charge in [0.05, 0.1) is 5.56 Å². The van der Waals surface area contributed by atoms with Gasteiger partial charge in [0.2, 0.25) is 0 Å². The molecule has 0 unspecified atom stereocenters. The zero-order valence-corrected chi connectivity index (χ0v) is 7.97. The molecule has 0 amide bonds. The molecule has 0 heterocycles. The summed E-state index contributed by atoms with van der Waals surface area (Å²) in [5, 5.41) is 8.20. The molecular weight excluding hydrogens is 205 g/mol. The van der Waals surface area contributed by atoms with Crippen LogP contribution in [0, 0.1) is 17.1 Å². The summed E-state index contributed by atoms with van der Waals surface area (Å²) >= 11 is 0. The minimum atomic E-state index is -3.82. The molecule has 0 saturated carbocycles. The van der Waals surface area contributed by atoms with E-state index in [-0.39, 0.29) is 5.56 Å². The summed E-state index contributed by atoms with van der Waals surface area (Å²) in [6, 6.07) is 3.50. The van der Waals surface area contributed by atoms with E-state index in [0.29, 0.717) is 0 Å². The lowest BCUT2D eigenvalue weighted by molar-refractivity contribution is 0.0569. The molecule has 2 nitrogen and oxygen atoms in total. The van der Waals surface area contributed by atoms with Gasteiger partial charge in [-0.15, -0.1) is 0 Å². The van der Waals surface area contributed by atoms with Crippen LogP contribution in [0.3, 0.4) is 0 Å². The second-order valence-corrected chi connectivity index (χ2v) is 3.18. The largest absolute Gasteiger partial charge is 0.360 e. The highest BCUT2D eigenvalue weighted by Gasteiger charge is 2.35. The molecule has 1 aromatic carbocycles. The van der Waals surface area contributed by atoms with E-state index in [9.17, 15) is 13.2 Å². The fraction of sp³-hybridized carbons (Fsp3) is 0.300. The third-order valence-corrected chi connectivity index (χ3v) is 2.00. The highest BCUT2D eigenvalue weighted by molar-refractivity contribution is 5.33. The van der Waals surface area contributed by atoms with Gasteiger partial charge in [-0.3, -0.25) is 0 Å². The maximum absolute atomic E-state index is 13.5. The summed E-state index contributed by atoms with van der Waals surface area (Å²) in [5.41, 5.74) is 4.44. The number of rotatable bonds is 2. The monoisotopic (exact) mass is 214 g/mol. The van der Waals surface area contributed by atoms with E-state index in [1.807, 2.05) is 0 Å². The van der Waals surface area contributed by atoms with Crippen LogP contribution >= 0.6 is 0 Å². The molecule has 0 aliphatic carbocycles. The van der Waals surface area contributed by atoms with Crippen molar-refractivity contribution in [3.63, 3.8) is 0 Å². The predicted molar refractivity (Wildman–Crippen MR) is 48.5 cm³/mol. The molecule has 1 atom stereocenters. The quantitative estimate of drug-likeness (QED) is 0.822.